The van der Waals surface area contributed by atoms with Gasteiger partial charge in [0.15, 0.2) is 0 Å². The minimum atomic E-state index is -0.523. The molecule has 1 aromatic carbocycles. The molecule has 0 heterocycles. The highest BCUT2D eigenvalue weighted by Crippen LogP contribution is 2.20. The van der Waals surface area contributed by atoms with Gasteiger partial charge in [-0.15, -0.1) is 0 Å². The van der Waals surface area contributed by atoms with Crippen molar-refractivity contribution in [1.82, 2.24) is 4.72 Å². The predicted molar refractivity (Wildman–Crippen MR) is 59.1 cm³/mol. The van der Waals surface area contributed by atoms with Gasteiger partial charge in [-0.25, -0.2) is 4.79 Å². The SMILES string of the molecule is CC(C)c1cccc(SNC(N)=O)c1. The van der Waals surface area contributed by atoms with Gasteiger partial charge in [0.1, 0.15) is 0 Å². The van der Waals surface area contributed by atoms with Crippen molar-refractivity contribution in [3.05, 3.63) is 29.8 Å². The second-order valence-corrected chi connectivity index (χ2v) is 4.18. The monoisotopic (exact) mass is 210 g/mol. The zero-order chi connectivity index (χ0) is 10.6. The normalized spacial score (nSPS) is 10.2. The average molecular weight is 210 g/mol. The number of benzene rings is 1. The molecule has 0 saturated heterocycles. The van der Waals surface area contributed by atoms with Crippen LogP contribution in [-0.4, -0.2) is 6.03 Å². The van der Waals surface area contributed by atoms with E-state index >= 15 is 0 Å². The lowest BCUT2D eigenvalue weighted by molar-refractivity contribution is 0.254. The third-order valence-electron chi connectivity index (χ3n) is 1.79. The predicted octanol–water partition coefficient (Wildman–Crippen LogP) is 2.49. The molecule has 0 aromatic heterocycles. The van der Waals surface area contributed by atoms with Crippen molar-refractivity contribution in [1.29, 1.82) is 0 Å². The van der Waals surface area contributed by atoms with Crippen molar-refractivity contribution in [2.24, 2.45) is 5.73 Å². The van der Waals surface area contributed by atoms with E-state index in [1.165, 1.54) is 17.5 Å². The van der Waals surface area contributed by atoms with Gasteiger partial charge in [0.05, 0.1) is 0 Å². The second-order valence-electron chi connectivity index (χ2n) is 3.30. The maximum atomic E-state index is 10.5. The van der Waals surface area contributed by atoms with Crippen molar-refractivity contribution >= 4 is 18.0 Å². The Bertz CT molecular complexity index is 326. The maximum Gasteiger partial charge on any atom is 0.322 e. The van der Waals surface area contributed by atoms with Crippen LogP contribution in [0.2, 0.25) is 0 Å². The van der Waals surface area contributed by atoms with Crippen LogP contribution >= 0.6 is 11.9 Å². The number of hydrogen-bond acceptors (Lipinski definition) is 2. The van der Waals surface area contributed by atoms with Crippen LogP contribution < -0.4 is 10.5 Å². The van der Waals surface area contributed by atoms with Crippen LogP contribution in [0.5, 0.6) is 0 Å². The van der Waals surface area contributed by atoms with Crippen molar-refractivity contribution in [3.8, 4) is 0 Å². The Morgan fingerprint density at radius 1 is 1.50 bits per heavy atom. The van der Waals surface area contributed by atoms with Crippen LogP contribution in [0.4, 0.5) is 4.79 Å². The molecule has 0 radical (unpaired) electrons. The Labute approximate surface area is 88.2 Å². The second kappa shape index (κ2) is 4.91. The van der Waals surface area contributed by atoms with Gasteiger partial charge in [-0.1, -0.05) is 26.0 Å². The molecule has 0 fully saturated rings. The first-order chi connectivity index (χ1) is 6.59. The number of nitrogens with two attached hydrogens (primary N) is 1. The van der Waals surface area contributed by atoms with Crippen LogP contribution in [0, 0.1) is 0 Å². The lowest BCUT2D eigenvalue weighted by atomic mass is 10.0. The number of nitrogens with one attached hydrogen (secondary N) is 1. The fourth-order valence-corrected chi connectivity index (χ4v) is 1.61. The Morgan fingerprint density at radius 2 is 2.21 bits per heavy atom. The van der Waals surface area contributed by atoms with Gasteiger partial charge >= 0.3 is 6.03 Å². The topological polar surface area (TPSA) is 55.1 Å². The third kappa shape index (κ3) is 3.30. The largest absolute Gasteiger partial charge is 0.351 e. The third-order valence-corrected chi connectivity index (χ3v) is 2.59. The lowest BCUT2D eigenvalue weighted by Crippen LogP contribution is -2.22. The van der Waals surface area contributed by atoms with Crippen LogP contribution in [0.3, 0.4) is 0 Å². The molecule has 0 aliphatic carbocycles. The number of hydrogen-bond donors (Lipinski definition) is 2. The van der Waals surface area contributed by atoms with E-state index in [1.807, 2.05) is 18.2 Å². The summed E-state index contributed by atoms with van der Waals surface area (Å²) in [5.41, 5.74) is 6.22. The number of carbonyl (C=O) groups is 1. The van der Waals surface area contributed by atoms with Gasteiger partial charge in [-0.2, -0.15) is 0 Å². The molecule has 76 valence electrons. The first-order valence-electron chi connectivity index (χ1n) is 4.42. The van der Waals surface area contributed by atoms with Gasteiger partial charge < -0.3 is 5.73 Å². The molecule has 0 unspecified atom stereocenters. The minimum absolute atomic E-state index is 0.490. The molecule has 4 heteroatoms. The van der Waals surface area contributed by atoms with Gasteiger partial charge in [0.2, 0.25) is 0 Å². The van der Waals surface area contributed by atoms with Gasteiger partial charge in [-0.05, 0) is 35.6 Å². The summed E-state index contributed by atoms with van der Waals surface area (Å²) in [5.74, 6) is 0.490. The Balaban J connectivity index is 2.68. The molecule has 0 aliphatic rings. The molecule has 0 bridgehead atoms. The van der Waals surface area contributed by atoms with E-state index in [4.69, 9.17) is 5.73 Å². The summed E-state index contributed by atoms with van der Waals surface area (Å²) in [6, 6.07) is 7.50. The fourth-order valence-electron chi connectivity index (χ4n) is 1.05. The fraction of sp³-hybridized carbons (Fsp3) is 0.300. The van der Waals surface area contributed by atoms with Crippen molar-refractivity contribution < 1.29 is 4.79 Å². The number of primary amides is 1. The summed E-state index contributed by atoms with van der Waals surface area (Å²) >= 11 is 1.24. The van der Waals surface area contributed by atoms with Crippen molar-refractivity contribution in [2.45, 2.75) is 24.7 Å². The highest BCUT2D eigenvalue weighted by Gasteiger charge is 2.01. The molecule has 2 amide bonds. The number of urea groups is 1. The molecular weight excluding hydrogens is 196 g/mol. The van der Waals surface area contributed by atoms with Gasteiger partial charge in [0, 0.05) is 4.90 Å². The number of amides is 2. The standard InChI is InChI=1S/C10H14N2OS/c1-7(2)8-4-3-5-9(6-8)14-12-10(11)13/h3-7H,1-2H3,(H3,11,12,13). The first-order valence-corrected chi connectivity index (χ1v) is 5.23. The lowest BCUT2D eigenvalue weighted by Gasteiger charge is -2.07. The summed E-state index contributed by atoms with van der Waals surface area (Å²) in [4.78, 5) is 11.5. The molecular formula is C10H14N2OS. The van der Waals surface area contributed by atoms with Crippen molar-refractivity contribution in [2.75, 3.05) is 0 Å². The quantitative estimate of drug-likeness (QED) is 0.753. The smallest absolute Gasteiger partial charge is 0.322 e. The molecule has 0 aliphatic heterocycles. The summed E-state index contributed by atoms with van der Waals surface area (Å²) in [5, 5.41) is 0. The van der Waals surface area contributed by atoms with E-state index in [0.29, 0.717) is 5.92 Å². The van der Waals surface area contributed by atoms with Crippen LogP contribution in [0.25, 0.3) is 0 Å². The van der Waals surface area contributed by atoms with E-state index in [9.17, 15) is 4.79 Å². The summed E-state index contributed by atoms with van der Waals surface area (Å²) in [7, 11) is 0. The zero-order valence-corrected chi connectivity index (χ0v) is 9.10. The molecule has 1 rings (SSSR count). The van der Waals surface area contributed by atoms with Crippen LogP contribution in [0.15, 0.2) is 29.2 Å². The van der Waals surface area contributed by atoms with Crippen LogP contribution in [0.1, 0.15) is 25.3 Å². The summed E-state index contributed by atoms with van der Waals surface area (Å²) in [6.07, 6.45) is 0. The molecule has 3 nitrogen and oxygen atoms in total. The summed E-state index contributed by atoms with van der Waals surface area (Å²) in [6.45, 7) is 4.26. The van der Waals surface area contributed by atoms with E-state index in [0.717, 1.165) is 4.90 Å². The van der Waals surface area contributed by atoms with E-state index in [1.54, 1.807) is 0 Å². The van der Waals surface area contributed by atoms with Crippen LogP contribution in [-0.2, 0) is 0 Å². The Hall–Kier alpha value is -1.16. The molecule has 14 heavy (non-hydrogen) atoms. The average Bonchev–Trinajstić information content (AvgIpc) is 2.15. The Kier molecular flexibility index (Phi) is 3.83. The van der Waals surface area contributed by atoms with Gasteiger partial charge in [0.25, 0.3) is 0 Å². The van der Waals surface area contributed by atoms with Gasteiger partial charge in [-0.3, -0.25) is 4.72 Å². The maximum absolute atomic E-state index is 10.5. The first kappa shape index (κ1) is 10.9. The number of rotatable bonds is 3. The van der Waals surface area contributed by atoms with E-state index in [2.05, 4.69) is 24.6 Å². The molecule has 1 aromatic rings. The Morgan fingerprint density at radius 3 is 2.79 bits per heavy atom. The molecule has 0 atom stereocenters. The van der Waals surface area contributed by atoms with E-state index in [-0.39, 0.29) is 0 Å². The highest BCUT2D eigenvalue weighted by molar-refractivity contribution is 7.98. The summed E-state index contributed by atoms with van der Waals surface area (Å²) < 4.78 is 2.48. The molecule has 3 N–H and O–H groups in total. The number of carbonyl (C=O) groups excluding carboxylic acids is 1. The molecule has 0 spiro atoms. The zero-order valence-electron chi connectivity index (χ0n) is 8.28. The molecule has 0 saturated carbocycles. The van der Waals surface area contributed by atoms with Crippen molar-refractivity contribution in [3.63, 3.8) is 0 Å². The highest BCUT2D eigenvalue weighted by atomic mass is 32.2. The van der Waals surface area contributed by atoms with E-state index < -0.39 is 6.03 Å². The minimum Gasteiger partial charge on any atom is -0.351 e.